The fourth-order valence-electron chi connectivity index (χ4n) is 9.52. The molecule has 0 fully saturated rings. The van der Waals surface area contributed by atoms with Gasteiger partial charge >= 0.3 is 0 Å². The summed E-state index contributed by atoms with van der Waals surface area (Å²) in [5, 5.41) is 9.07. The second kappa shape index (κ2) is 22.6. The molecule has 0 heteroatoms. The van der Waals surface area contributed by atoms with Gasteiger partial charge in [0.2, 0.25) is 0 Å². The minimum absolute atomic E-state index is 1.26. The van der Waals surface area contributed by atoms with Crippen LogP contribution >= 0.6 is 0 Å². The summed E-state index contributed by atoms with van der Waals surface area (Å²) in [5.41, 5.74) is 10.1. The van der Waals surface area contributed by atoms with Crippen LogP contribution in [0, 0.1) is 20.9 Å². The number of fused-ring (bicyclic) bond motifs is 5. The van der Waals surface area contributed by atoms with E-state index in [1.54, 1.807) is 26.8 Å². The molecule has 52 heavy (non-hydrogen) atoms. The first-order valence-electron chi connectivity index (χ1n) is 22.9. The highest BCUT2D eigenvalue weighted by atomic mass is 14.3. The van der Waals surface area contributed by atoms with Crippen LogP contribution in [-0.4, -0.2) is 0 Å². The normalized spacial score (nSPS) is 12.4. The van der Waals surface area contributed by atoms with Crippen molar-refractivity contribution in [3.8, 4) is 0 Å². The minimum Gasteiger partial charge on any atom is -0.0654 e. The van der Waals surface area contributed by atoms with Crippen LogP contribution in [0.15, 0.2) is 36.4 Å². The van der Waals surface area contributed by atoms with Crippen molar-refractivity contribution in [2.75, 3.05) is 0 Å². The highest BCUT2D eigenvalue weighted by Gasteiger charge is 2.22. The van der Waals surface area contributed by atoms with Gasteiger partial charge < -0.3 is 0 Å². The van der Waals surface area contributed by atoms with Crippen molar-refractivity contribution >= 4 is 12.2 Å². The first-order valence-corrected chi connectivity index (χ1v) is 22.9. The molecule has 0 spiro atoms. The van der Waals surface area contributed by atoms with Gasteiger partial charge in [0.1, 0.15) is 0 Å². The van der Waals surface area contributed by atoms with E-state index in [2.05, 4.69) is 76.2 Å². The number of hydrogen-bond acceptors (Lipinski definition) is 0. The SMILES string of the molecule is CCCCCCCCc1c(CCCCCCCC)c(CCCCCCCC)c2c(c1CCCCCCCC)=Cc1c3c(ccc1=2)=c1ccccc1=C3. The van der Waals surface area contributed by atoms with Gasteiger partial charge in [-0.2, -0.15) is 0 Å². The van der Waals surface area contributed by atoms with Gasteiger partial charge in [-0.05, 0) is 128 Å². The smallest absolute Gasteiger partial charge is 0.00671 e. The van der Waals surface area contributed by atoms with Gasteiger partial charge in [0, 0.05) is 0 Å². The van der Waals surface area contributed by atoms with Gasteiger partial charge in [-0.25, -0.2) is 0 Å². The number of unbranched alkanes of at least 4 members (excludes halogenated alkanes) is 20. The molecule has 0 N–H and O–H groups in total. The molecule has 0 saturated carbocycles. The highest BCUT2D eigenvalue weighted by Crippen LogP contribution is 2.31. The average Bonchev–Trinajstić information content (AvgIpc) is 3.74. The molecule has 284 valence electrons. The molecule has 3 aromatic carbocycles. The zero-order valence-corrected chi connectivity index (χ0v) is 34.4. The van der Waals surface area contributed by atoms with Crippen LogP contribution in [0.3, 0.4) is 0 Å². The molecular formula is C52H76. The lowest BCUT2D eigenvalue weighted by atomic mass is 9.83. The van der Waals surface area contributed by atoms with E-state index in [1.807, 2.05) is 11.1 Å². The van der Waals surface area contributed by atoms with Crippen molar-refractivity contribution in [1.29, 1.82) is 0 Å². The molecule has 2 aliphatic carbocycles. The molecule has 0 amide bonds. The summed E-state index contributed by atoms with van der Waals surface area (Å²) < 4.78 is 0. The largest absolute Gasteiger partial charge is 0.0654 e. The van der Waals surface area contributed by atoms with E-state index in [9.17, 15) is 0 Å². The molecule has 0 atom stereocenters. The molecule has 5 rings (SSSR count). The quantitative estimate of drug-likeness (QED) is 0.0456. The van der Waals surface area contributed by atoms with Crippen LogP contribution < -0.4 is 10.4 Å². The number of benzene rings is 3. The van der Waals surface area contributed by atoms with Crippen LogP contribution in [0.25, 0.3) is 12.2 Å². The van der Waals surface area contributed by atoms with Crippen molar-refractivity contribution in [3.05, 3.63) is 101 Å². The van der Waals surface area contributed by atoms with Crippen molar-refractivity contribution in [3.63, 3.8) is 0 Å². The summed E-state index contributed by atoms with van der Waals surface area (Å²) in [4.78, 5) is 0. The topological polar surface area (TPSA) is 0 Å². The van der Waals surface area contributed by atoms with E-state index in [0.29, 0.717) is 0 Å². The lowest BCUT2D eigenvalue weighted by molar-refractivity contribution is 0.587. The van der Waals surface area contributed by atoms with Crippen molar-refractivity contribution in [2.45, 2.75) is 207 Å². The predicted octanol–water partition coefficient (Wildman–Crippen LogP) is 14.2. The maximum absolute atomic E-state index is 2.70. The van der Waals surface area contributed by atoms with Crippen LogP contribution in [0.2, 0.25) is 0 Å². The first kappa shape index (κ1) is 40.6. The molecule has 0 radical (unpaired) electrons. The molecule has 0 unspecified atom stereocenters. The standard InChI is InChI=1S/C52H76/c1-5-9-13-17-21-25-33-43-44(34-26-22-18-14-10-6-2)47(36-28-24-20-16-12-8-4)52-48-38-37-46-42-32-30-29-31-41(42)39-49(46)50(48)40-51(52)45(43)35-27-23-19-15-11-7-3/h29-32,37-40H,5-28,33-36H2,1-4H3. The molecule has 0 saturated heterocycles. The van der Waals surface area contributed by atoms with Crippen LogP contribution in [0.5, 0.6) is 0 Å². The Kier molecular flexibility index (Phi) is 17.6. The zero-order valence-electron chi connectivity index (χ0n) is 34.4. The fraction of sp³-hybridized carbons (Fsp3) is 0.615. The summed E-state index contributed by atoms with van der Waals surface area (Å²) in [6.45, 7) is 9.38. The molecule has 0 aromatic heterocycles. The lowest BCUT2D eigenvalue weighted by Gasteiger charge is -2.22. The molecule has 3 aromatic rings. The Morgan fingerprint density at radius 1 is 0.327 bits per heavy atom. The van der Waals surface area contributed by atoms with E-state index < -0.39 is 0 Å². The monoisotopic (exact) mass is 701 g/mol. The van der Waals surface area contributed by atoms with Crippen LogP contribution in [0.4, 0.5) is 0 Å². The Hall–Kier alpha value is -2.60. The van der Waals surface area contributed by atoms with Gasteiger partial charge in [0.05, 0.1) is 0 Å². The van der Waals surface area contributed by atoms with Crippen molar-refractivity contribution in [1.82, 2.24) is 0 Å². The van der Waals surface area contributed by atoms with Gasteiger partial charge in [0.15, 0.2) is 0 Å². The van der Waals surface area contributed by atoms with E-state index in [1.165, 1.54) is 207 Å². The maximum Gasteiger partial charge on any atom is -0.00671 e. The molecule has 0 bridgehead atoms. The van der Waals surface area contributed by atoms with Crippen LogP contribution in [-0.2, 0) is 25.7 Å². The Balaban J connectivity index is 1.63. The molecule has 0 nitrogen and oxygen atoms in total. The van der Waals surface area contributed by atoms with Gasteiger partial charge in [-0.15, -0.1) is 0 Å². The predicted molar refractivity (Wildman–Crippen MR) is 229 cm³/mol. The Morgan fingerprint density at radius 2 is 0.731 bits per heavy atom. The van der Waals surface area contributed by atoms with E-state index in [0.717, 1.165) is 0 Å². The Morgan fingerprint density at radius 3 is 1.27 bits per heavy atom. The van der Waals surface area contributed by atoms with E-state index in [-0.39, 0.29) is 0 Å². The first-order chi connectivity index (χ1) is 25.7. The minimum atomic E-state index is 1.26. The second-order valence-electron chi connectivity index (χ2n) is 16.6. The third-order valence-corrected chi connectivity index (χ3v) is 12.5. The third-order valence-electron chi connectivity index (χ3n) is 12.5. The van der Waals surface area contributed by atoms with Crippen molar-refractivity contribution in [2.24, 2.45) is 0 Å². The Bertz CT molecular complexity index is 1840. The second-order valence-corrected chi connectivity index (χ2v) is 16.6. The number of hydrogen-bond donors (Lipinski definition) is 0. The lowest BCUT2D eigenvalue weighted by Crippen LogP contribution is -2.20. The average molecular weight is 701 g/mol. The molecule has 2 aliphatic rings. The van der Waals surface area contributed by atoms with Gasteiger partial charge in [-0.3, -0.25) is 0 Å². The summed E-state index contributed by atoms with van der Waals surface area (Å²) in [7, 11) is 0. The van der Waals surface area contributed by atoms with Gasteiger partial charge in [-0.1, -0.05) is 193 Å². The summed E-state index contributed by atoms with van der Waals surface area (Å²) in [6.07, 6.45) is 43.3. The fourth-order valence-corrected chi connectivity index (χ4v) is 9.52. The van der Waals surface area contributed by atoms with Crippen LogP contribution in [0.1, 0.15) is 215 Å². The van der Waals surface area contributed by atoms with Gasteiger partial charge in [0.25, 0.3) is 0 Å². The summed E-state index contributed by atoms with van der Waals surface area (Å²) in [6, 6.07) is 14.1. The molecular weight excluding hydrogens is 625 g/mol. The zero-order chi connectivity index (χ0) is 36.4. The van der Waals surface area contributed by atoms with Crippen molar-refractivity contribution < 1.29 is 0 Å². The molecule has 0 heterocycles. The maximum atomic E-state index is 2.70. The third kappa shape index (κ3) is 10.8. The van der Waals surface area contributed by atoms with E-state index in [4.69, 9.17) is 0 Å². The van der Waals surface area contributed by atoms with E-state index >= 15 is 0 Å². The summed E-state index contributed by atoms with van der Waals surface area (Å²) >= 11 is 0. The Labute approximate surface area is 319 Å². The molecule has 0 aliphatic heterocycles. The highest BCUT2D eigenvalue weighted by molar-refractivity contribution is 5.72. The summed E-state index contributed by atoms with van der Waals surface area (Å²) in [5.74, 6) is 0. The number of rotatable bonds is 28.